The van der Waals surface area contributed by atoms with Gasteiger partial charge in [0.25, 0.3) is 5.91 Å². The van der Waals surface area contributed by atoms with Gasteiger partial charge in [0.1, 0.15) is 17.7 Å². The first kappa shape index (κ1) is 12.6. The molecule has 1 aromatic heterocycles. The molecule has 0 bridgehead atoms. The van der Waals surface area contributed by atoms with Crippen molar-refractivity contribution in [3.63, 3.8) is 0 Å². The maximum absolute atomic E-state index is 12.3. The zero-order valence-corrected chi connectivity index (χ0v) is 11.3. The highest BCUT2D eigenvalue weighted by Gasteiger charge is 2.21. The standard InChI is InChI=1S/C15H16N4O/c1-10-5-2-3-6-11(10)13-12-14(19-9-18-13)16-7-4-8-17-15(12)20/h2-3,5-6,9H,4,7-8H2,1H3,(H,17,20)(H,16,18,19). The summed E-state index contributed by atoms with van der Waals surface area (Å²) in [6.45, 7) is 3.46. The average molecular weight is 268 g/mol. The summed E-state index contributed by atoms with van der Waals surface area (Å²) in [6.07, 6.45) is 2.39. The summed E-state index contributed by atoms with van der Waals surface area (Å²) in [5.41, 5.74) is 3.26. The molecule has 1 aromatic carbocycles. The Labute approximate surface area is 117 Å². The lowest BCUT2D eigenvalue weighted by Gasteiger charge is -2.18. The fraction of sp³-hybridized carbons (Fsp3) is 0.267. The molecule has 0 saturated heterocycles. The second-order valence-corrected chi connectivity index (χ2v) is 4.80. The minimum Gasteiger partial charge on any atom is -0.369 e. The van der Waals surface area contributed by atoms with Crippen molar-refractivity contribution >= 4 is 11.7 Å². The van der Waals surface area contributed by atoms with E-state index in [0.717, 1.165) is 24.1 Å². The summed E-state index contributed by atoms with van der Waals surface area (Å²) < 4.78 is 0. The summed E-state index contributed by atoms with van der Waals surface area (Å²) in [4.78, 5) is 20.9. The van der Waals surface area contributed by atoms with Gasteiger partial charge < -0.3 is 10.6 Å². The highest BCUT2D eigenvalue weighted by molar-refractivity contribution is 6.04. The van der Waals surface area contributed by atoms with Crippen LogP contribution in [0.15, 0.2) is 30.6 Å². The van der Waals surface area contributed by atoms with Gasteiger partial charge in [-0.1, -0.05) is 24.3 Å². The van der Waals surface area contributed by atoms with E-state index in [1.807, 2.05) is 31.2 Å². The van der Waals surface area contributed by atoms with Gasteiger partial charge in [-0.2, -0.15) is 0 Å². The number of carbonyl (C=O) groups excluding carboxylic acids is 1. The number of aryl methyl sites for hydroxylation is 1. The third kappa shape index (κ3) is 2.22. The Balaban J connectivity index is 2.20. The van der Waals surface area contributed by atoms with Gasteiger partial charge in [0, 0.05) is 18.7 Å². The molecule has 1 aliphatic heterocycles. The summed E-state index contributed by atoms with van der Waals surface area (Å²) in [5, 5.41) is 6.12. The molecule has 0 aliphatic carbocycles. The Morgan fingerprint density at radius 1 is 1.10 bits per heavy atom. The molecule has 2 heterocycles. The van der Waals surface area contributed by atoms with Crippen molar-refractivity contribution in [2.45, 2.75) is 13.3 Å². The molecule has 5 heteroatoms. The van der Waals surface area contributed by atoms with E-state index in [-0.39, 0.29) is 5.91 Å². The first-order chi connectivity index (χ1) is 9.77. The van der Waals surface area contributed by atoms with Crippen molar-refractivity contribution in [1.29, 1.82) is 0 Å². The van der Waals surface area contributed by atoms with Crippen LogP contribution in [-0.2, 0) is 0 Å². The SMILES string of the molecule is Cc1ccccc1-c1ncnc2c1C(=O)NCCCN2. The first-order valence-corrected chi connectivity index (χ1v) is 6.70. The van der Waals surface area contributed by atoms with E-state index in [2.05, 4.69) is 20.6 Å². The average Bonchev–Trinajstić information content (AvgIpc) is 2.44. The number of fused-ring (bicyclic) bond motifs is 1. The Hall–Kier alpha value is -2.43. The topological polar surface area (TPSA) is 66.9 Å². The third-order valence-electron chi connectivity index (χ3n) is 3.41. The van der Waals surface area contributed by atoms with Crippen LogP contribution < -0.4 is 10.6 Å². The zero-order chi connectivity index (χ0) is 13.9. The number of nitrogens with zero attached hydrogens (tertiary/aromatic N) is 2. The molecule has 1 amide bonds. The predicted molar refractivity (Wildman–Crippen MR) is 77.6 cm³/mol. The maximum atomic E-state index is 12.3. The van der Waals surface area contributed by atoms with Crippen LogP contribution in [0.5, 0.6) is 0 Å². The number of hydrogen-bond donors (Lipinski definition) is 2. The van der Waals surface area contributed by atoms with Crippen LogP contribution in [0.3, 0.4) is 0 Å². The lowest BCUT2D eigenvalue weighted by molar-refractivity contribution is 0.0953. The Bertz CT molecular complexity index is 654. The van der Waals surface area contributed by atoms with Gasteiger partial charge in [0.15, 0.2) is 0 Å². The lowest BCUT2D eigenvalue weighted by atomic mass is 10.0. The second-order valence-electron chi connectivity index (χ2n) is 4.80. The molecule has 0 saturated carbocycles. The molecule has 2 N–H and O–H groups in total. The smallest absolute Gasteiger partial charge is 0.257 e. The van der Waals surface area contributed by atoms with E-state index in [0.29, 0.717) is 23.6 Å². The van der Waals surface area contributed by atoms with E-state index in [9.17, 15) is 4.79 Å². The minimum atomic E-state index is -0.119. The van der Waals surface area contributed by atoms with Gasteiger partial charge in [0.05, 0.1) is 5.69 Å². The van der Waals surface area contributed by atoms with Gasteiger partial charge in [-0.25, -0.2) is 9.97 Å². The third-order valence-corrected chi connectivity index (χ3v) is 3.41. The van der Waals surface area contributed by atoms with Crippen molar-refractivity contribution in [3.05, 3.63) is 41.7 Å². The van der Waals surface area contributed by atoms with Crippen LogP contribution in [0.2, 0.25) is 0 Å². The zero-order valence-electron chi connectivity index (χ0n) is 11.3. The highest BCUT2D eigenvalue weighted by Crippen LogP contribution is 2.28. The van der Waals surface area contributed by atoms with Crippen molar-refractivity contribution < 1.29 is 4.79 Å². The monoisotopic (exact) mass is 268 g/mol. The van der Waals surface area contributed by atoms with E-state index in [1.165, 1.54) is 6.33 Å². The molecule has 0 unspecified atom stereocenters. The molecule has 2 aromatic rings. The molecular weight excluding hydrogens is 252 g/mol. The molecule has 102 valence electrons. The van der Waals surface area contributed by atoms with Crippen LogP contribution in [0.4, 0.5) is 5.82 Å². The highest BCUT2D eigenvalue weighted by atomic mass is 16.1. The van der Waals surface area contributed by atoms with E-state index < -0.39 is 0 Å². The normalized spacial score (nSPS) is 14.6. The summed E-state index contributed by atoms with van der Waals surface area (Å²) >= 11 is 0. The van der Waals surface area contributed by atoms with Crippen LogP contribution >= 0.6 is 0 Å². The predicted octanol–water partition coefficient (Wildman–Crippen LogP) is 2.00. The van der Waals surface area contributed by atoms with Crippen molar-refractivity contribution in [1.82, 2.24) is 15.3 Å². The fourth-order valence-corrected chi connectivity index (χ4v) is 2.36. The molecule has 0 fully saturated rings. The van der Waals surface area contributed by atoms with Crippen LogP contribution in [-0.4, -0.2) is 29.0 Å². The molecule has 20 heavy (non-hydrogen) atoms. The van der Waals surface area contributed by atoms with Crippen LogP contribution in [0, 0.1) is 6.92 Å². The van der Waals surface area contributed by atoms with Crippen LogP contribution in [0.1, 0.15) is 22.3 Å². The van der Waals surface area contributed by atoms with Crippen LogP contribution in [0.25, 0.3) is 11.3 Å². The quantitative estimate of drug-likeness (QED) is 0.830. The van der Waals surface area contributed by atoms with Gasteiger partial charge in [-0.15, -0.1) is 0 Å². The molecule has 3 rings (SSSR count). The Morgan fingerprint density at radius 2 is 1.90 bits per heavy atom. The summed E-state index contributed by atoms with van der Waals surface area (Å²) in [5.74, 6) is 0.488. The van der Waals surface area contributed by atoms with Gasteiger partial charge in [0.2, 0.25) is 0 Å². The number of hydrogen-bond acceptors (Lipinski definition) is 4. The molecular formula is C15H16N4O. The van der Waals surface area contributed by atoms with Crippen molar-refractivity contribution in [3.8, 4) is 11.3 Å². The van der Waals surface area contributed by atoms with Crippen molar-refractivity contribution in [2.75, 3.05) is 18.4 Å². The Morgan fingerprint density at radius 3 is 2.75 bits per heavy atom. The molecule has 0 spiro atoms. The molecule has 0 radical (unpaired) electrons. The van der Waals surface area contributed by atoms with Crippen molar-refractivity contribution in [2.24, 2.45) is 0 Å². The van der Waals surface area contributed by atoms with Gasteiger partial charge in [-0.05, 0) is 18.9 Å². The lowest BCUT2D eigenvalue weighted by Crippen LogP contribution is -2.30. The molecule has 1 aliphatic rings. The largest absolute Gasteiger partial charge is 0.369 e. The maximum Gasteiger partial charge on any atom is 0.257 e. The van der Waals surface area contributed by atoms with E-state index in [4.69, 9.17) is 0 Å². The number of anilines is 1. The summed E-state index contributed by atoms with van der Waals surface area (Å²) in [6, 6.07) is 7.91. The molecule has 0 atom stereocenters. The second kappa shape index (κ2) is 5.28. The minimum absolute atomic E-state index is 0.119. The number of amides is 1. The number of carbonyl (C=O) groups is 1. The number of nitrogens with one attached hydrogen (secondary N) is 2. The summed E-state index contributed by atoms with van der Waals surface area (Å²) in [7, 11) is 0. The number of rotatable bonds is 1. The molecule has 5 nitrogen and oxygen atoms in total. The van der Waals surface area contributed by atoms with Gasteiger partial charge >= 0.3 is 0 Å². The fourth-order valence-electron chi connectivity index (χ4n) is 2.36. The first-order valence-electron chi connectivity index (χ1n) is 6.70. The van der Waals surface area contributed by atoms with E-state index >= 15 is 0 Å². The van der Waals surface area contributed by atoms with Gasteiger partial charge in [-0.3, -0.25) is 4.79 Å². The van der Waals surface area contributed by atoms with E-state index in [1.54, 1.807) is 0 Å². The number of benzene rings is 1. The number of aromatic nitrogens is 2. The Kier molecular flexibility index (Phi) is 3.33.